The first-order valence-corrected chi connectivity index (χ1v) is 10.1. The summed E-state index contributed by atoms with van der Waals surface area (Å²) < 4.78 is 37.5. The van der Waals surface area contributed by atoms with Crippen molar-refractivity contribution in [3.05, 3.63) is 18.2 Å². The van der Waals surface area contributed by atoms with Gasteiger partial charge in [-0.05, 0) is 43.3 Å². The molecule has 1 heterocycles. The second kappa shape index (κ2) is 9.33. The van der Waals surface area contributed by atoms with E-state index in [0.29, 0.717) is 42.8 Å². The lowest BCUT2D eigenvalue weighted by atomic mass is 10.2. The molecule has 1 saturated heterocycles. The SMILES string of the molecule is COCCNC(=S)Nc1cc(S(=O)(=O)N2CCCCC2)ccc1OC. The number of ether oxygens (including phenoxy) is 2. The first kappa shape index (κ1) is 19.9. The van der Waals surface area contributed by atoms with Crippen LogP contribution in [0.4, 0.5) is 5.69 Å². The zero-order chi connectivity index (χ0) is 18.3. The molecule has 1 aliphatic heterocycles. The molecule has 1 fully saturated rings. The molecule has 1 aromatic carbocycles. The number of thiocarbonyl (C=S) groups is 1. The van der Waals surface area contributed by atoms with Gasteiger partial charge < -0.3 is 20.1 Å². The van der Waals surface area contributed by atoms with Crippen LogP contribution in [0.25, 0.3) is 0 Å². The van der Waals surface area contributed by atoms with Gasteiger partial charge in [-0.1, -0.05) is 6.42 Å². The van der Waals surface area contributed by atoms with E-state index in [1.54, 1.807) is 25.3 Å². The summed E-state index contributed by atoms with van der Waals surface area (Å²) in [5.74, 6) is 0.522. The maximum absolute atomic E-state index is 12.8. The fraction of sp³-hybridized carbons (Fsp3) is 0.562. The van der Waals surface area contributed by atoms with Crippen molar-refractivity contribution in [2.45, 2.75) is 24.2 Å². The third kappa shape index (κ3) is 5.27. The zero-order valence-corrected chi connectivity index (χ0v) is 16.2. The summed E-state index contributed by atoms with van der Waals surface area (Å²) in [6.45, 7) is 2.20. The second-order valence-corrected chi connectivity index (χ2v) is 8.05. The number of rotatable bonds is 7. The summed E-state index contributed by atoms with van der Waals surface area (Å²) in [5, 5.41) is 6.36. The molecule has 0 bridgehead atoms. The van der Waals surface area contributed by atoms with E-state index in [1.165, 1.54) is 11.4 Å². The van der Waals surface area contributed by atoms with Crippen molar-refractivity contribution in [1.82, 2.24) is 9.62 Å². The van der Waals surface area contributed by atoms with Crippen LogP contribution in [0.2, 0.25) is 0 Å². The zero-order valence-electron chi connectivity index (χ0n) is 14.6. The van der Waals surface area contributed by atoms with Crippen molar-refractivity contribution in [2.24, 2.45) is 0 Å². The summed E-state index contributed by atoms with van der Waals surface area (Å²) in [7, 11) is -0.376. The first-order chi connectivity index (χ1) is 12.0. The Kier molecular flexibility index (Phi) is 7.42. The van der Waals surface area contributed by atoms with Gasteiger partial charge in [-0.2, -0.15) is 4.31 Å². The van der Waals surface area contributed by atoms with E-state index in [0.717, 1.165) is 19.3 Å². The highest BCUT2D eigenvalue weighted by Gasteiger charge is 2.26. The highest BCUT2D eigenvalue weighted by Crippen LogP contribution is 2.29. The predicted molar refractivity (Wildman–Crippen MR) is 102 cm³/mol. The summed E-state index contributed by atoms with van der Waals surface area (Å²) in [6, 6.07) is 4.76. The van der Waals surface area contributed by atoms with Crippen LogP contribution < -0.4 is 15.4 Å². The lowest BCUT2D eigenvalue weighted by molar-refractivity contribution is 0.204. The Morgan fingerprint density at radius 1 is 1.24 bits per heavy atom. The molecule has 1 aromatic rings. The lowest BCUT2D eigenvalue weighted by Crippen LogP contribution is -2.35. The van der Waals surface area contributed by atoms with E-state index >= 15 is 0 Å². The number of hydrogen-bond donors (Lipinski definition) is 2. The highest BCUT2D eigenvalue weighted by molar-refractivity contribution is 7.89. The molecule has 0 unspecified atom stereocenters. The number of methoxy groups -OCH3 is 2. The quantitative estimate of drug-likeness (QED) is 0.545. The van der Waals surface area contributed by atoms with Crippen molar-refractivity contribution >= 4 is 33.0 Å². The molecule has 0 radical (unpaired) electrons. The summed E-state index contributed by atoms with van der Waals surface area (Å²) in [5.41, 5.74) is 0.510. The Bertz CT molecular complexity index is 689. The van der Waals surface area contributed by atoms with Crippen molar-refractivity contribution in [1.29, 1.82) is 0 Å². The van der Waals surface area contributed by atoms with Gasteiger partial charge in [0.1, 0.15) is 5.75 Å². The number of nitrogens with one attached hydrogen (secondary N) is 2. The molecular formula is C16H25N3O4S2. The molecule has 7 nitrogen and oxygen atoms in total. The minimum absolute atomic E-state index is 0.234. The van der Waals surface area contributed by atoms with Gasteiger partial charge in [-0.25, -0.2) is 8.42 Å². The third-order valence-electron chi connectivity index (χ3n) is 3.96. The molecule has 2 N–H and O–H groups in total. The molecule has 140 valence electrons. The van der Waals surface area contributed by atoms with Crippen LogP contribution in [0.1, 0.15) is 19.3 Å². The Morgan fingerprint density at radius 2 is 1.96 bits per heavy atom. The molecule has 1 aliphatic rings. The van der Waals surface area contributed by atoms with Gasteiger partial charge in [-0.3, -0.25) is 0 Å². The summed E-state index contributed by atoms with van der Waals surface area (Å²) >= 11 is 5.23. The largest absolute Gasteiger partial charge is 0.495 e. The maximum atomic E-state index is 12.8. The van der Waals surface area contributed by atoms with E-state index in [-0.39, 0.29) is 4.90 Å². The fourth-order valence-corrected chi connectivity index (χ4v) is 4.39. The van der Waals surface area contributed by atoms with Crippen LogP contribution in [0.15, 0.2) is 23.1 Å². The van der Waals surface area contributed by atoms with Gasteiger partial charge in [0, 0.05) is 26.7 Å². The standard InChI is InChI=1S/C16H25N3O4S2/c1-22-11-8-17-16(24)18-14-12-13(6-7-15(14)23-2)25(20,21)19-9-4-3-5-10-19/h6-7,12H,3-5,8-11H2,1-2H3,(H2,17,18,24). The van der Waals surface area contributed by atoms with Crippen LogP contribution in [0.5, 0.6) is 5.75 Å². The molecule has 2 rings (SSSR count). The number of benzene rings is 1. The smallest absolute Gasteiger partial charge is 0.243 e. The van der Waals surface area contributed by atoms with Crippen LogP contribution in [-0.4, -0.2) is 58.3 Å². The number of nitrogens with zero attached hydrogens (tertiary/aromatic N) is 1. The van der Waals surface area contributed by atoms with Crippen molar-refractivity contribution in [3.8, 4) is 5.75 Å². The van der Waals surface area contributed by atoms with Crippen LogP contribution >= 0.6 is 12.2 Å². The monoisotopic (exact) mass is 387 g/mol. The first-order valence-electron chi connectivity index (χ1n) is 8.21. The van der Waals surface area contributed by atoms with Crippen molar-refractivity contribution < 1.29 is 17.9 Å². The maximum Gasteiger partial charge on any atom is 0.243 e. The third-order valence-corrected chi connectivity index (χ3v) is 6.10. The Hall–Kier alpha value is -1.42. The summed E-state index contributed by atoms with van der Waals surface area (Å²) in [4.78, 5) is 0.234. The predicted octanol–water partition coefficient (Wildman–Crippen LogP) is 1.80. The van der Waals surface area contributed by atoms with Gasteiger partial charge in [-0.15, -0.1) is 0 Å². The summed E-state index contributed by atoms with van der Waals surface area (Å²) in [6.07, 6.45) is 2.87. The van der Waals surface area contributed by atoms with E-state index < -0.39 is 10.0 Å². The number of sulfonamides is 1. The topological polar surface area (TPSA) is 79.9 Å². The van der Waals surface area contributed by atoms with E-state index in [1.807, 2.05) is 0 Å². The molecule has 0 saturated carbocycles. The molecule has 0 aromatic heterocycles. The van der Waals surface area contributed by atoms with E-state index in [2.05, 4.69) is 10.6 Å². The number of hydrogen-bond acceptors (Lipinski definition) is 5. The van der Waals surface area contributed by atoms with Gasteiger partial charge in [0.25, 0.3) is 0 Å². The lowest BCUT2D eigenvalue weighted by Gasteiger charge is -2.26. The fourth-order valence-electron chi connectivity index (χ4n) is 2.63. The molecule has 0 spiro atoms. The molecule has 25 heavy (non-hydrogen) atoms. The minimum atomic E-state index is -3.51. The normalized spacial score (nSPS) is 15.6. The average Bonchev–Trinajstić information content (AvgIpc) is 2.62. The Balaban J connectivity index is 2.19. The van der Waals surface area contributed by atoms with Gasteiger partial charge in [0.05, 0.1) is 24.3 Å². The Morgan fingerprint density at radius 3 is 2.60 bits per heavy atom. The second-order valence-electron chi connectivity index (χ2n) is 5.70. The van der Waals surface area contributed by atoms with E-state index in [9.17, 15) is 8.42 Å². The molecule has 9 heteroatoms. The van der Waals surface area contributed by atoms with Crippen LogP contribution in [0, 0.1) is 0 Å². The highest BCUT2D eigenvalue weighted by atomic mass is 32.2. The van der Waals surface area contributed by atoms with Gasteiger partial charge >= 0.3 is 0 Å². The van der Waals surface area contributed by atoms with E-state index in [4.69, 9.17) is 21.7 Å². The molecule has 0 atom stereocenters. The van der Waals surface area contributed by atoms with Crippen LogP contribution in [0.3, 0.4) is 0 Å². The van der Waals surface area contributed by atoms with Crippen molar-refractivity contribution in [3.63, 3.8) is 0 Å². The van der Waals surface area contributed by atoms with Gasteiger partial charge in [0.2, 0.25) is 10.0 Å². The Labute approximate surface area is 154 Å². The molecule has 0 amide bonds. The average molecular weight is 388 g/mol. The molecular weight excluding hydrogens is 362 g/mol. The minimum Gasteiger partial charge on any atom is -0.495 e. The number of anilines is 1. The van der Waals surface area contributed by atoms with Gasteiger partial charge in [0.15, 0.2) is 5.11 Å². The van der Waals surface area contributed by atoms with Crippen LogP contribution in [-0.2, 0) is 14.8 Å². The molecule has 0 aliphatic carbocycles. The van der Waals surface area contributed by atoms with Crippen molar-refractivity contribution in [2.75, 3.05) is 45.8 Å². The number of piperidine rings is 1.